The summed E-state index contributed by atoms with van der Waals surface area (Å²) >= 11 is 1.77. The third-order valence-corrected chi connectivity index (χ3v) is 3.79. The molecule has 0 spiro atoms. The molecule has 2 N–H and O–H groups in total. The molecule has 0 saturated heterocycles. The van der Waals surface area contributed by atoms with Crippen LogP contribution >= 0.6 is 11.8 Å². The zero-order valence-corrected chi connectivity index (χ0v) is 12.9. The van der Waals surface area contributed by atoms with Crippen LogP contribution in [-0.2, 0) is 0 Å². The summed E-state index contributed by atoms with van der Waals surface area (Å²) in [6, 6.07) is 0. The van der Waals surface area contributed by atoms with Crippen LogP contribution in [0.1, 0.15) is 26.7 Å². The Morgan fingerprint density at radius 3 is 2.80 bits per heavy atom. The molecular weight excluding hydrogens is 278 g/mol. The summed E-state index contributed by atoms with van der Waals surface area (Å²) < 4.78 is 0. The second-order valence-electron chi connectivity index (χ2n) is 4.37. The average Bonchev–Trinajstić information content (AvgIpc) is 2.44. The van der Waals surface area contributed by atoms with Gasteiger partial charge in [-0.2, -0.15) is 16.7 Å². The largest absolute Gasteiger partial charge is 0.364 e. The van der Waals surface area contributed by atoms with Crippen LogP contribution < -0.4 is 10.6 Å². The minimum absolute atomic E-state index is 0.0937. The van der Waals surface area contributed by atoms with Crippen LogP contribution in [0.2, 0.25) is 0 Å². The van der Waals surface area contributed by atoms with E-state index >= 15 is 0 Å². The summed E-state index contributed by atoms with van der Waals surface area (Å²) in [6.45, 7) is 5.53. The van der Waals surface area contributed by atoms with Crippen molar-refractivity contribution in [1.82, 2.24) is 9.97 Å². The van der Waals surface area contributed by atoms with Crippen LogP contribution in [0.4, 0.5) is 17.5 Å². The minimum atomic E-state index is -0.468. The molecule has 7 nitrogen and oxygen atoms in total. The second kappa shape index (κ2) is 8.57. The first kappa shape index (κ1) is 16.5. The maximum Gasteiger partial charge on any atom is 0.329 e. The quantitative estimate of drug-likeness (QED) is 0.535. The summed E-state index contributed by atoms with van der Waals surface area (Å²) in [7, 11) is 0. The molecule has 112 valence electrons. The molecule has 0 aliphatic carbocycles. The van der Waals surface area contributed by atoms with Gasteiger partial charge in [-0.25, -0.2) is 4.98 Å². The van der Waals surface area contributed by atoms with E-state index in [2.05, 4.69) is 27.5 Å². The van der Waals surface area contributed by atoms with Crippen LogP contribution in [0, 0.1) is 10.1 Å². The molecule has 0 fully saturated rings. The van der Waals surface area contributed by atoms with Crippen LogP contribution in [0.5, 0.6) is 0 Å². The van der Waals surface area contributed by atoms with E-state index in [4.69, 9.17) is 0 Å². The minimum Gasteiger partial charge on any atom is -0.364 e. The standard InChI is InChI=1S/C12H21N5O2S/c1-4-6-14-12-15-8-10(17(18)19)11(16-12)13-7-5-9(2)20-3/h8-9H,4-7H2,1-3H3,(H2,13,14,15,16). The number of nitrogens with one attached hydrogen (secondary N) is 2. The fraction of sp³-hybridized carbons (Fsp3) is 0.667. The smallest absolute Gasteiger partial charge is 0.329 e. The molecule has 1 unspecified atom stereocenters. The van der Waals surface area contributed by atoms with Gasteiger partial charge < -0.3 is 10.6 Å². The molecule has 1 heterocycles. The van der Waals surface area contributed by atoms with E-state index in [0.717, 1.165) is 19.4 Å². The number of rotatable bonds is 9. The van der Waals surface area contributed by atoms with E-state index in [-0.39, 0.29) is 11.5 Å². The molecule has 1 rings (SSSR count). The van der Waals surface area contributed by atoms with E-state index in [9.17, 15) is 10.1 Å². The van der Waals surface area contributed by atoms with Crippen molar-refractivity contribution in [2.45, 2.75) is 31.9 Å². The number of thioether (sulfide) groups is 1. The highest BCUT2D eigenvalue weighted by Gasteiger charge is 2.17. The number of hydrogen-bond acceptors (Lipinski definition) is 7. The van der Waals surface area contributed by atoms with Gasteiger partial charge in [0.2, 0.25) is 11.8 Å². The van der Waals surface area contributed by atoms with Gasteiger partial charge in [0.15, 0.2) is 0 Å². The molecular formula is C12H21N5O2S. The van der Waals surface area contributed by atoms with E-state index in [0.29, 0.717) is 17.7 Å². The van der Waals surface area contributed by atoms with Crippen LogP contribution in [0.25, 0.3) is 0 Å². The highest BCUT2D eigenvalue weighted by molar-refractivity contribution is 7.99. The summed E-state index contributed by atoms with van der Waals surface area (Å²) in [5.41, 5.74) is -0.0937. The van der Waals surface area contributed by atoms with E-state index < -0.39 is 4.92 Å². The zero-order valence-electron chi connectivity index (χ0n) is 12.0. The summed E-state index contributed by atoms with van der Waals surface area (Å²) in [5, 5.41) is 17.5. The van der Waals surface area contributed by atoms with Gasteiger partial charge in [-0.15, -0.1) is 0 Å². The lowest BCUT2D eigenvalue weighted by Gasteiger charge is -2.10. The lowest BCUT2D eigenvalue weighted by Crippen LogP contribution is -2.12. The Bertz CT molecular complexity index is 444. The third kappa shape index (κ3) is 5.20. The summed E-state index contributed by atoms with van der Waals surface area (Å²) in [6.07, 6.45) is 5.14. The molecule has 0 radical (unpaired) electrons. The van der Waals surface area contributed by atoms with Crippen LogP contribution in [-0.4, -0.2) is 39.5 Å². The van der Waals surface area contributed by atoms with E-state index in [1.165, 1.54) is 6.20 Å². The first-order valence-corrected chi connectivity index (χ1v) is 7.89. The lowest BCUT2D eigenvalue weighted by molar-refractivity contribution is -0.384. The van der Waals surface area contributed by atoms with Gasteiger partial charge in [0.25, 0.3) is 0 Å². The average molecular weight is 299 g/mol. The predicted molar refractivity (Wildman–Crippen MR) is 83.6 cm³/mol. The van der Waals surface area contributed by atoms with Gasteiger partial charge in [-0.3, -0.25) is 10.1 Å². The number of nitrogens with zero attached hydrogens (tertiary/aromatic N) is 3. The highest BCUT2D eigenvalue weighted by Crippen LogP contribution is 2.22. The predicted octanol–water partition coefficient (Wildman–Crippen LogP) is 2.76. The number of anilines is 2. The molecule has 0 aliphatic rings. The molecule has 1 aromatic rings. The molecule has 0 saturated carbocycles. The van der Waals surface area contributed by atoms with Gasteiger partial charge in [0.1, 0.15) is 6.20 Å². The van der Waals surface area contributed by atoms with Gasteiger partial charge in [0, 0.05) is 18.3 Å². The second-order valence-corrected chi connectivity index (χ2v) is 5.65. The number of hydrogen-bond donors (Lipinski definition) is 2. The lowest BCUT2D eigenvalue weighted by atomic mass is 10.3. The third-order valence-electron chi connectivity index (χ3n) is 2.74. The summed E-state index contributed by atoms with van der Waals surface area (Å²) in [5.74, 6) is 0.690. The Kier molecular flexibility index (Phi) is 7.06. The van der Waals surface area contributed by atoms with Gasteiger partial charge in [0.05, 0.1) is 4.92 Å². The highest BCUT2D eigenvalue weighted by atomic mass is 32.2. The van der Waals surface area contributed by atoms with E-state index in [1.807, 2.05) is 13.2 Å². The maximum absolute atomic E-state index is 11.0. The maximum atomic E-state index is 11.0. The topological polar surface area (TPSA) is 93.0 Å². The fourth-order valence-electron chi connectivity index (χ4n) is 1.47. The van der Waals surface area contributed by atoms with Crippen molar-refractivity contribution in [3.63, 3.8) is 0 Å². The molecule has 0 aromatic carbocycles. The first-order valence-electron chi connectivity index (χ1n) is 6.60. The Labute approximate surface area is 123 Å². The Balaban J connectivity index is 2.75. The van der Waals surface area contributed by atoms with E-state index in [1.54, 1.807) is 11.8 Å². The summed E-state index contributed by atoms with van der Waals surface area (Å²) in [4.78, 5) is 18.6. The zero-order chi connectivity index (χ0) is 15.0. The van der Waals surface area contributed by atoms with Crippen molar-refractivity contribution in [3.8, 4) is 0 Å². The monoisotopic (exact) mass is 299 g/mol. The molecule has 0 amide bonds. The number of aromatic nitrogens is 2. The molecule has 20 heavy (non-hydrogen) atoms. The van der Waals surface area contributed by atoms with Crippen molar-refractivity contribution >= 4 is 29.2 Å². The van der Waals surface area contributed by atoms with Gasteiger partial charge in [-0.05, 0) is 19.1 Å². The fourth-order valence-corrected chi connectivity index (χ4v) is 1.83. The van der Waals surface area contributed by atoms with Crippen molar-refractivity contribution in [3.05, 3.63) is 16.3 Å². The SMILES string of the molecule is CCCNc1ncc([N+](=O)[O-])c(NCCC(C)SC)n1. The first-order chi connectivity index (χ1) is 9.58. The van der Waals surface area contributed by atoms with Gasteiger partial charge in [-0.1, -0.05) is 13.8 Å². The normalized spacial score (nSPS) is 11.9. The Hall–Kier alpha value is -1.57. The molecule has 1 atom stereocenters. The molecule has 0 bridgehead atoms. The van der Waals surface area contributed by atoms with Crippen molar-refractivity contribution in [1.29, 1.82) is 0 Å². The van der Waals surface area contributed by atoms with Crippen LogP contribution in [0.3, 0.4) is 0 Å². The molecule has 8 heteroatoms. The number of nitro groups is 1. The van der Waals surface area contributed by atoms with Crippen molar-refractivity contribution < 1.29 is 4.92 Å². The molecule has 0 aliphatic heterocycles. The van der Waals surface area contributed by atoms with Crippen molar-refractivity contribution in [2.75, 3.05) is 30.0 Å². The van der Waals surface area contributed by atoms with Crippen molar-refractivity contribution in [2.24, 2.45) is 0 Å². The Morgan fingerprint density at radius 1 is 1.45 bits per heavy atom. The molecule has 1 aromatic heterocycles. The Morgan fingerprint density at radius 2 is 2.20 bits per heavy atom. The van der Waals surface area contributed by atoms with Crippen LogP contribution in [0.15, 0.2) is 6.20 Å². The van der Waals surface area contributed by atoms with Gasteiger partial charge >= 0.3 is 5.69 Å².